The van der Waals surface area contributed by atoms with Crippen LogP contribution in [0.4, 0.5) is 0 Å². The van der Waals surface area contributed by atoms with Crippen LogP contribution in [-0.2, 0) is 4.79 Å². The summed E-state index contributed by atoms with van der Waals surface area (Å²) < 4.78 is 0. The zero-order chi connectivity index (χ0) is 10.7. The number of hydrogen-bond acceptors (Lipinski definition) is 4. The molecule has 0 bridgehead atoms. The summed E-state index contributed by atoms with van der Waals surface area (Å²) in [5, 5.41) is 11.7. The highest BCUT2D eigenvalue weighted by molar-refractivity contribution is 8.15. The molecule has 2 fully saturated rings. The molecule has 1 atom stereocenters. The first-order chi connectivity index (χ1) is 7.29. The molecule has 0 aromatic rings. The molecule has 1 saturated carbocycles. The summed E-state index contributed by atoms with van der Waals surface area (Å²) >= 11 is 1.48. The molecule has 1 amide bonds. The molecule has 82 valence electrons. The Morgan fingerprint density at radius 1 is 1.40 bits per heavy atom. The van der Waals surface area contributed by atoms with Crippen molar-refractivity contribution in [3.63, 3.8) is 0 Å². The van der Waals surface area contributed by atoms with Crippen LogP contribution in [0.15, 0.2) is 10.2 Å². The molecule has 0 aromatic heterocycles. The van der Waals surface area contributed by atoms with Crippen LogP contribution in [-0.4, -0.2) is 22.0 Å². The van der Waals surface area contributed by atoms with Crippen molar-refractivity contribution >= 4 is 28.5 Å². The second-order valence-corrected chi connectivity index (χ2v) is 4.97. The van der Waals surface area contributed by atoms with Crippen molar-refractivity contribution in [1.29, 1.82) is 0 Å². The lowest BCUT2D eigenvalue weighted by Gasteiger charge is -1.95. The maximum Gasteiger partial charge on any atom is 0.239 e. The van der Waals surface area contributed by atoms with E-state index in [9.17, 15) is 4.79 Å². The molecule has 1 aliphatic carbocycles. The predicted molar refractivity (Wildman–Crippen MR) is 63.2 cm³/mol. The summed E-state index contributed by atoms with van der Waals surface area (Å²) in [6.07, 6.45) is 5.41. The lowest BCUT2D eigenvalue weighted by molar-refractivity contribution is -0.118. The minimum atomic E-state index is 0.0209. The third-order valence-electron chi connectivity index (χ3n) is 2.61. The van der Waals surface area contributed by atoms with Crippen LogP contribution >= 0.6 is 11.8 Å². The highest BCUT2D eigenvalue weighted by atomic mass is 32.2. The number of amides is 1. The summed E-state index contributed by atoms with van der Waals surface area (Å²) in [6.45, 7) is 2.00. The molecule has 4 nitrogen and oxygen atoms in total. The molecule has 0 spiro atoms. The fraction of sp³-hybridized carbons (Fsp3) is 0.700. The number of carbonyl (C=O) groups is 1. The molecule has 1 aliphatic heterocycles. The average Bonchev–Trinajstić information content (AvgIpc) is 2.83. The summed E-state index contributed by atoms with van der Waals surface area (Å²) in [5.74, 6) is 0.0628. The van der Waals surface area contributed by atoms with Gasteiger partial charge in [-0.25, -0.2) is 0 Å². The molecule has 0 aromatic carbocycles. The summed E-state index contributed by atoms with van der Waals surface area (Å²) in [7, 11) is 0. The van der Waals surface area contributed by atoms with Crippen LogP contribution in [0.1, 0.15) is 39.0 Å². The number of amidine groups is 1. The molecule has 5 heteroatoms. The number of thioether (sulfide) groups is 1. The zero-order valence-corrected chi connectivity index (χ0v) is 9.64. The van der Waals surface area contributed by atoms with E-state index in [-0.39, 0.29) is 11.2 Å². The number of nitrogens with zero attached hydrogens (tertiary/aromatic N) is 2. The van der Waals surface area contributed by atoms with Crippen molar-refractivity contribution < 1.29 is 4.79 Å². The van der Waals surface area contributed by atoms with E-state index >= 15 is 0 Å². The summed E-state index contributed by atoms with van der Waals surface area (Å²) in [5.41, 5.74) is 1.16. The van der Waals surface area contributed by atoms with E-state index in [1.807, 2.05) is 6.92 Å². The molecule has 1 heterocycles. The Kier molecular flexibility index (Phi) is 3.41. The monoisotopic (exact) mass is 225 g/mol. The van der Waals surface area contributed by atoms with Gasteiger partial charge in [0.25, 0.3) is 0 Å². The van der Waals surface area contributed by atoms with Crippen molar-refractivity contribution in [1.82, 2.24) is 5.32 Å². The quantitative estimate of drug-likeness (QED) is 0.730. The average molecular weight is 225 g/mol. The molecule has 15 heavy (non-hydrogen) atoms. The topological polar surface area (TPSA) is 53.8 Å². The first-order valence-corrected chi connectivity index (χ1v) is 6.28. The fourth-order valence-corrected chi connectivity index (χ4v) is 2.57. The molecular weight excluding hydrogens is 210 g/mol. The number of carbonyl (C=O) groups excluding carboxylic acids is 1. The van der Waals surface area contributed by atoms with Crippen LogP contribution < -0.4 is 5.32 Å². The molecule has 2 aliphatic rings. The van der Waals surface area contributed by atoms with Crippen LogP contribution in [0.5, 0.6) is 0 Å². The molecule has 1 N–H and O–H groups in total. The Balaban J connectivity index is 1.97. The minimum absolute atomic E-state index is 0.0209. The summed E-state index contributed by atoms with van der Waals surface area (Å²) in [6, 6.07) is 0. The fourth-order valence-electron chi connectivity index (χ4n) is 1.72. The Morgan fingerprint density at radius 3 is 2.73 bits per heavy atom. The highest BCUT2D eigenvalue weighted by Gasteiger charge is 2.28. The van der Waals surface area contributed by atoms with Gasteiger partial charge in [-0.3, -0.25) is 4.79 Å². The van der Waals surface area contributed by atoms with Gasteiger partial charge in [-0.05, 0) is 32.1 Å². The van der Waals surface area contributed by atoms with Gasteiger partial charge in [0, 0.05) is 5.71 Å². The first kappa shape index (κ1) is 10.7. The van der Waals surface area contributed by atoms with Gasteiger partial charge in [-0.1, -0.05) is 18.7 Å². The Hall–Kier alpha value is -0.840. The SMILES string of the molecule is CC[C@H]1S/C(=N\N=C2CCCC2)NC1=O. The maximum absolute atomic E-state index is 11.4. The third-order valence-corrected chi connectivity index (χ3v) is 3.85. The van der Waals surface area contributed by atoms with Crippen molar-refractivity contribution in [2.45, 2.75) is 44.3 Å². The van der Waals surface area contributed by atoms with Gasteiger partial charge >= 0.3 is 0 Å². The van der Waals surface area contributed by atoms with E-state index in [1.165, 1.54) is 24.6 Å². The number of nitrogens with one attached hydrogen (secondary N) is 1. The van der Waals surface area contributed by atoms with Crippen molar-refractivity contribution in [3.8, 4) is 0 Å². The standard InChI is InChI=1S/C10H15N3OS/c1-2-8-9(14)11-10(15-8)13-12-7-5-3-4-6-7/h8H,2-6H2,1H3,(H,11,13,14)/t8-/m1/s1. The van der Waals surface area contributed by atoms with Gasteiger partial charge in [0.05, 0.1) is 5.25 Å². The maximum atomic E-state index is 11.4. The summed E-state index contributed by atoms with van der Waals surface area (Å²) in [4.78, 5) is 11.4. The Morgan fingerprint density at radius 2 is 2.13 bits per heavy atom. The normalized spacial score (nSPS) is 28.6. The van der Waals surface area contributed by atoms with E-state index in [2.05, 4.69) is 15.5 Å². The predicted octanol–water partition coefficient (Wildman–Crippen LogP) is 1.91. The van der Waals surface area contributed by atoms with Crippen molar-refractivity contribution in [2.75, 3.05) is 0 Å². The highest BCUT2D eigenvalue weighted by Crippen LogP contribution is 2.22. The second kappa shape index (κ2) is 4.79. The largest absolute Gasteiger partial charge is 0.303 e. The van der Waals surface area contributed by atoms with Gasteiger partial charge in [0.15, 0.2) is 5.17 Å². The third kappa shape index (κ3) is 2.59. The van der Waals surface area contributed by atoms with E-state index in [0.717, 1.165) is 25.0 Å². The molecule has 0 radical (unpaired) electrons. The van der Waals surface area contributed by atoms with E-state index < -0.39 is 0 Å². The lowest BCUT2D eigenvalue weighted by Crippen LogP contribution is -2.24. The smallest absolute Gasteiger partial charge is 0.239 e. The second-order valence-electron chi connectivity index (χ2n) is 3.78. The van der Waals surface area contributed by atoms with Gasteiger partial charge in [-0.15, -0.1) is 5.10 Å². The Bertz CT molecular complexity index is 317. The molecule has 2 rings (SSSR count). The van der Waals surface area contributed by atoms with E-state index in [4.69, 9.17) is 0 Å². The molecule has 0 unspecified atom stereocenters. The van der Waals surface area contributed by atoms with Crippen LogP contribution in [0, 0.1) is 0 Å². The molecule has 1 saturated heterocycles. The Labute approximate surface area is 93.6 Å². The van der Waals surface area contributed by atoms with Gasteiger partial charge in [0.1, 0.15) is 0 Å². The van der Waals surface area contributed by atoms with Gasteiger partial charge < -0.3 is 5.32 Å². The van der Waals surface area contributed by atoms with Gasteiger partial charge in [-0.2, -0.15) is 5.10 Å². The molecular formula is C10H15N3OS. The number of hydrogen-bond donors (Lipinski definition) is 1. The number of rotatable bonds is 2. The minimum Gasteiger partial charge on any atom is -0.303 e. The van der Waals surface area contributed by atoms with Gasteiger partial charge in [0.2, 0.25) is 5.91 Å². The van der Waals surface area contributed by atoms with Crippen molar-refractivity contribution in [3.05, 3.63) is 0 Å². The van der Waals surface area contributed by atoms with E-state index in [1.54, 1.807) is 0 Å². The zero-order valence-electron chi connectivity index (χ0n) is 8.82. The van der Waals surface area contributed by atoms with Crippen LogP contribution in [0.25, 0.3) is 0 Å². The van der Waals surface area contributed by atoms with Crippen LogP contribution in [0.2, 0.25) is 0 Å². The van der Waals surface area contributed by atoms with Crippen molar-refractivity contribution in [2.24, 2.45) is 10.2 Å². The lowest BCUT2D eigenvalue weighted by atomic mass is 10.3. The van der Waals surface area contributed by atoms with Crippen LogP contribution in [0.3, 0.4) is 0 Å². The first-order valence-electron chi connectivity index (χ1n) is 5.40. The van der Waals surface area contributed by atoms with E-state index in [0.29, 0.717) is 5.17 Å².